The van der Waals surface area contributed by atoms with Gasteiger partial charge in [-0.1, -0.05) is 30.3 Å². The molecule has 29 heavy (non-hydrogen) atoms. The summed E-state index contributed by atoms with van der Waals surface area (Å²) in [5, 5.41) is 9.22. The normalized spacial score (nSPS) is 16.4. The first kappa shape index (κ1) is 21.3. The molecule has 3 rings (SSSR count). The Hall–Kier alpha value is -2.37. The summed E-state index contributed by atoms with van der Waals surface area (Å²) in [7, 11) is 1.71. The number of carbonyl (C=O) groups is 1. The Morgan fingerprint density at radius 2 is 1.79 bits per heavy atom. The summed E-state index contributed by atoms with van der Waals surface area (Å²) in [6, 6.07) is 17.8. The minimum absolute atomic E-state index is 0.0481. The molecule has 1 fully saturated rings. The van der Waals surface area contributed by atoms with Crippen LogP contribution in [0.1, 0.15) is 35.7 Å². The summed E-state index contributed by atoms with van der Waals surface area (Å²) in [5.41, 5.74) is 2.00. The molecule has 0 aromatic heterocycles. The van der Waals surface area contributed by atoms with Gasteiger partial charge in [-0.2, -0.15) is 0 Å². The summed E-state index contributed by atoms with van der Waals surface area (Å²) in [6.07, 6.45) is 3.35. The van der Waals surface area contributed by atoms with Crippen LogP contribution in [0.2, 0.25) is 0 Å². The molecule has 0 spiro atoms. The molecule has 1 aliphatic heterocycles. The number of rotatable bonds is 8. The summed E-state index contributed by atoms with van der Waals surface area (Å²) in [4.78, 5) is 16.5. The van der Waals surface area contributed by atoms with Gasteiger partial charge in [0.2, 0.25) is 0 Å². The highest BCUT2D eigenvalue weighted by Gasteiger charge is 2.21. The number of ether oxygens (including phenoxy) is 1. The van der Waals surface area contributed by atoms with Gasteiger partial charge in [-0.15, -0.1) is 0 Å². The second-order valence-electron chi connectivity index (χ2n) is 7.87. The Kier molecular flexibility index (Phi) is 7.67. The number of hydrogen-bond donors (Lipinski definition) is 1. The zero-order chi connectivity index (χ0) is 20.6. The molecule has 5 heteroatoms. The Morgan fingerprint density at radius 1 is 1.14 bits per heavy atom. The minimum atomic E-state index is -0.203. The largest absolute Gasteiger partial charge is 0.490 e. The van der Waals surface area contributed by atoms with E-state index >= 15 is 0 Å². The van der Waals surface area contributed by atoms with Gasteiger partial charge >= 0.3 is 0 Å². The molecule has 2 aromatic carbocycles. The van der Waals surface area contributed by atoms with Crippen LogP contribution < -0.4 is 4.74 Å². The fourth-order valence-electron chi connectivity index (χ4n) is 3.58. The average molecular weight is 397 g/mol. The smallest absolute Gasteiger partial charge is 0.253 e. The van der Waals surface area contributed by atoms with Crippen LogP contribution in [-0.2, 0) is 6.42 Å². The van der Waals surface area contributed by atoms with E-state index in [1.165, 1.54) is 5.56 Å². The van der Waals surface area contributed by atoms with E-state index in [1.807, 2.05) is 19.1 Å². The lowest BCUT2D eigenvalue weighted by atomic mass is 10.1. The molecule has 0 aliphatic carbocycles. The zero-order valence-electron chi connectivity index (χ0n) is 17.5. The molecule has 1 N–H and O–H groups in total. The third-order valence-corrected chi connectivity index (χ3v) is 5.74. The summed E-state index contributed by atoms with van der Waals surface area (Å²) in [6.45, 7) is 4.97. The number of piperidine rings is 1. The summed E-state index contributed by atoms with van der Waals surface area (Å²) < 4.78 is 6.14. The third kappa shape index (κ3) is 6.05. The van der Waals surface area contributed by atoms with Crippen LogP contribution >= 0.6 is 0 Å². The molecule has 2 aromatic rings. The van der Waals surface area contributed by atoms with E-state index < -0.39 is 0 Å². The topological polar surface area (TPSA) is 53.0 Å². The number of benzene rings is 2. The van der Waals surface area contributed by atoms with Crippen molar-refractivity contribution in [3.8, 4) is 5.75 Å². The number of likely N-dealkylation sites (tertiary alicyclic amines) is 1. The van der Waals surface area contributed by atoms with Crippen LogP contribution in [0.4, 0.5) is 0 Å². The van der Waals surface area contributed by atoms with Crippen LogP contribution in [0.5, 0.6) is 5.75 Å². The molecule has 1 amide bonds. The molecular formula is C24H32N2O3. The molecular weight excluding hydrogens is 364 g/mol. The van der Waals surface area contributed by atoms with Gasteiger partial charge in [0.25, 0.3) is 5.91 Å². The van der Waals surface area contributed by atoms with Crippen LogP contribution in [0.3, 0.4) is 0 Å². The second kappa shape index (κ2) is 10.4. The molecule has 1 atom stereocenters. The highest BCUT2D eigenvalue weighted by Crippen LogP contribution is 2.20. The van der Waals surface area contributed by atoms with E-state index in [0.29, 0.717) is 5.56 Å². The maximum atomic E-state index is 12.4. The fraction of sp³-hybridized carbons (Fsp3) is 0.458. The number of hydrogen-bond acceptors (Lipinski definition) is 4. The van der Waals surface area contributed by atoms with Crippen LogP contribution in [0, 0.1) is 0 Å². The number of amides is 1. The van der Waals surface area contributed by atoms with E-state index in [0.717, 1.165) is 44.6 Å². The molecule has 1 saturated heterocycles. The van der Waals surface area contributed by atoms with E-state index in [9.17, 15) is 9.90 Å². The van der Waals surface area contributed by atoms with Crippen LogP contribution in [-0.4, -0.2) is 66.2 Å². The van der Waals surface area contributed by atoms with Crippen molar-refractivity contribution >= 4 is 5.91 Å². The first-order valence-electron chi connectivity index (χ1n) is 10.5. The van der Waals surface area contributed by atoms with Crippen molar-refractivity contribution in [2.45, 2.75) is 38.3 Å². The quantitative estimate of drug-likeness (QED) is 0.744. The van der Waals surface area contributed by atoms with E-state index in [4.69, 9.17) is 4.74 Å². The first-order valence-corrected chi connectivity index (χ1v) is 10.5. The highest BCUT2D eigenvalue weighted by atomic mass is 16.5. The Bertz CT molecular complexity index is 755. The van der Waals surface area contributed by atoms with Gasteiger partial charge in [0.1, 0.15) is 11.9 Å². The number of likely N-dealkylation sites (N-methyl/N-ethyl adjacent to an activating group) is 1. The van der Waals surface area contributed by atoms with E-state index in [-0.39, 0.29) is 24.7 Å². The fourth-order valence-corrected chi connectivity index (χ4v) is 3.58. The van der Waals surface area contributed by atoms with Crippen molar-refractivity contribution in [3.63, 3.8) is 0 Å². The first-order chi connectivity index (χ1) is 14.1. The van der Waals surface area contributed by atoms with Gasteiger partial charge < -0.3 is 19.6 Å². The van der Waals surface area contributed by atoms with Gasteiger partial charge in [0, 0.05) is 32.2 Å². The third-order valence-electron chi connectivity index (χ3n) is 5.74. The summed E-state index contributed by atoms with van der Waals surface area (Å²) >= 11 is 0. The number of carbonyl (C=O) groups excluding carboxylic acids is 1. The lowest BCUT2D eigenvalue weighted by molar-refractivity contribution is 0.0682. The maximum absolute atomic E-state index is 12.4. The predicted octanol–water partition coefficient (Wildman–Crippen LogP) is 3.23. The van der Waals surface area contributed by atoms with Gasteiger partial charge in [-0.3, -0.25) is 4.79 Å². The Morgan fingerprint density at radius 3 is 2.41 bits per heavy atom. The zero-order valence-corrected chi connectivity index (χ0v) is 17.5. The Balaban J connectivity index is 1.44. The molecule has 156 valence electrons. The van der Waals surface area contributed by atoms with Crippen molar-refractivity contribution in [1.29, 1.82) is 0 Å². The standard InChI is InChI=1S/C24H32N2O3/c1-19(18-27)25(2)24(28)21-8-10-22(11-9-21)29-23-13-16-26(17-14-23)15-12-20-6-4-3-5-7-20/h3-11,19,23,27H,12-18H2,1-2H3. The number of aliphatic hydroxyl groups excluding tert-OH is 1. The van der Waals surface area contributed by atoms with Gasteiger partial charge in [0.15, 0.2) is 0 Å². The van der Waals surface area contributed by atoms with E-state index in [2.05, 4.69) is 35.2 Å². The molecule has 5 nitrogen and oxygen atoms in total. The van der Waals surface area contributed by atoms with Gasteiger partial charge in [-0.25, -0.2) is 0 Å². The van der Waals surface area contributed by atoms with Gasteiger partial charge in [0.05, 0.1) is 12.6 Å². The number of nitrogens with zero attached hydrogens (tertiary/aromatic N) is 2. The van der Waals surface area contributed by atoms with Crippen molar-refractivity contribution < 1.29 is 14.6 Å². The molecule has 1 aliphatic rings. The Labute approximate surface area is 173 Å². The molecule has 0 saturated carbocycles. The monoisotopic (exact) mass is 396 g/mol. The summed E-state index contributed by atoms with van der Waals surface area (Å²) in [5.74, 6) is 0.715. The average Bonchev–Trinajstić information content (AvgIpc) is 2.78. The van der Waals surface area contributed by atoms with Crippen LogP contribution in [0.25, 0.3) is 0 Å². The molecule has 1 unspecified atom stereocenters. The van der Waals surface area contributed by atoms with E-state index in [1.54, 1.807) is 24.1 Å². The number of aliphatic hydroxyl groups is 1. The minimum Gasteiger partial charge on any atom is -0.490 e. The lowest BCUT2D eigenvalue weighted by Gasteiger charge is -2.32. The van der Waals surface area contributed by atoms with Crippen LogP contribution in [0.15, 0.2) is 54.6 Å². The molecule has 0 bridgehead atoms. The second-order valence-corrected chi connectivity index (χ2v) is 7.87. The van der Waals surface area contributed by atoms with Crippen molar-refractivity contribution in [2.75, 3.05) is 33.3 Å². The SMILES string of the molecule is CC(CO)N(C)C(=O)c1ccc(OC2CCN(CCc3ccccc3)CC2)cc1. The molecule has 1 heterocycles. The predicted molar refractivity (Wildman–Crippen MR) is 115 cm³/mol. The van der Waals surface area contributed by atoms with Crippen molar-refractivity contribution in [2.24, 2.45) is 0 Å². The molecule has 0 radical (unpaired) electrons. The lowest BCUT2D eigenvalue weighted by Crippen LogP contribution is -2.39. The maximum Gasteiger partial charge on any atom is 0.253 e. The van der Waals surface area contributed by atoms with Gasteiger partial charge in [-0.05, 0) is 56.0 Å². The van der Waals surface area contributed by atoms with Crippen molar-refractivity contribution in [3.05, 3.63) is 65.7 Å². The highest BCUT2D eigenvalue weighted by molar-refractivity contribution is 5.94. The van der Waals surface area contributed by atoms with Crippen molar-refractivity contribution in [1.82, 2.24) is 9.80 Å².